The lowest BCUT2D eigenvalue weighted by atomic mass is 10.2. The van der Waals surface area contributed by atoms with Gasteiger partial charge in [-0.1, -0.05) is 12.1 Å². The highest BCUT2D eigenvalue weighted by Crippen LogP contribution is 2.15. The summed E-state index contributed by atoms with van der Waals surface area (Å²) in [5.74, 6) is 0.565. The number of nitrogen functional groups attached to an aromatic ring is 1. The average Bonchev–Trinajstić information content (AvgIpc) is 2.53. The van der Waals surface area contributed by atoms with Gasteiger partial charge in [0.1, 0.15) is 0 Å². The molecule has 64 valence electrons. The summed E-state index contributed by atoms with van der Waals surface area (Å²) < 4.78 is 6.69. The molecule has 1 heterocycles. The van der Waals surface area contributed by atoms with Crippen LogP contribution in [0.3, 0.4) is 0 Å². The lowest BCUT2D eigenvalue weighted by molar-refractivity contribution is 0.679. The molecule has 2 aromatic rings. The average molecular weight is 183 g/mol. The Bertz CT molecular complexity index is 360. The van der Waals surface area contributed by atoms with Crippen LogP contribution in [0.25, 0.3) is 10.9 Å². The molecule has 2 rings (SSSR count). The second kappa shape index (κ2) is 3.99. The maximum atomic E-state index is 6.69. The molecule has 12 heavy (non-hydrogen) atoms. The van der Waals surface area contributed by atoms with Crippen molar-refractivity contribution in [2.75, 3.05) is 5.73 Å². The lowest BCUT2D eigenvalue weighted by Crippen LogP contribution is -1.82. The minimum Gasteiger partial charge on any atom is -0.382 e. The first-order valence-electron chi connectivity index (χ1n) is 3.26. The van der Waals surface area contributed by atoms with Crippen molar-refractivity contribution in [3.63, 3.8) is 0 Å². The first kappa shape index (κ1) is 8.89. The maximum absolute atomic E-state index is 6.69. The fourth-order valence-corrected chi connectivity index (χ4v) is 0.985. The number of anilines is 1. The largest absolute Gasteiger partial charge is 0.382 e. The van der Waals surface area contributed by atoms with Gasteiger partial charge in [0.2, 0.25) is 0 Å². The standard InChI is InChI=1S/C7H7N3.H2OS/c8-7-5-3-1-2-4-6(5)9-10-7;1-2/h1-4H,(H3,8,9,10);1-2H. The van der Waals surface area contributed by atoms with Crippen molar-refractivity contribution >= 4 is 29.6 Å². The van der Waals surface area contributed by atoms with E-state index in [0.29, 0.717) is 5.82 Å². The summed E-state index contributed by atoms with van der Waals surface area (Å²) in [4.78, 5) is 0. The van der Waals surface area contributed by atoms with Crippen LogP contribution in [0.4, 0.5) is 5.82 Å². The van der Waals surface area contributed by atoms with Crippen LogP contribution in [0.1, 0.15) is 0 Å². The quantitative estimate of drug-likeness (QED) is 0.369. The molecule has 1 aromatic heterocycles. The highest BCUT2D eigenvalue weighted by atomic mass is 32.1. The molecule has 0 radical (unpaired) electrons. The van der Waals surface area contributed by atoms with Gasteiger partial charge in [-0.05, 0) is 25.0 Å². The van der Waals surface area contributed by atoms with Crippen molar-refractivity contribution in [2.45, 2.75) is 0 Å². The van der Waals surface area contributed by atoms with Crippen LogP contribution in [0, 0.1) is 0 Å². The van der Waals surface area contributed by atoms with Crippen LogP contribution in [-0.4, -0.2) is 14.8 Å². The summed E-state index contributed by atoms with van der Waals surface area (Å²) in [6.07, 6.45) is 0. The van der Waals surface area contributed by atoms with E-state index in [1.165, 1.54) is 0 Å². The molecule has 4 N–H and O–H groups in total. The molecule has 1 aromatic carbocycles. The number of benzene rings is 1. The van der Waals surface area contributed by atoms with E-state index in [9.17, 15) is 0 Å². The van der Waals surface area contributed by atoms with Crippen molar-refractivity contribution in [1.82, 2.24) is 10.2 Å². The SMILES string of the molecule is Nc1n[nH]c2ccccc12.OS. The molecule has 0 bridgehead atoms. The summed E-state index contributed by atoms with van der Waals surface area (Å²) in [5.41, 5.74) is 6.52. The van der Waals surface area contributed by atoms with Gasteiger partial charge in [0.25, 0.3) is 0 Å². The van der Waals surface area contributed by atoms with E-state index in [0.717, 1.165) is 10.9 Å². The highest BCUT2D eigenvalue weighted by Gasteiger charge is 1.97. The Kier molecular flexibility index (Phi) is 2.95. The second-order valence-corrected chi connectivity index (χ2v) is 2.15. The minimum absolute atomic E-state index is 0.565. The second-order valence-electron chi connectivity index (χ2n) is 2.15. The molecular formula is C7H9N3OS. The van der Waals surface area contributed by atoms with Gasteiger partial charge in [-0.2, -0.15) is 5.10 Å². The molecule has 0 saturated carbocycles. The number of thiol groups is 1. The zero-order valence-corrected chi connectivity index (χ0v) is 7.12. The topological polar surface area (TPSA) is 74.9 Å². The van der Waals surface area contributed by atoms with Gasteiger partial charge in [0.15, 0.2) is 5.82 Å². The van der Waals surface area contributed by atoms with E-state index in [4.69, 9.17) is 10.3 Å². The predicted octanol–water partition coefficient (Wildman–Crippen LogP) is 1.53. The van der Waals surface area contributed by atoms with Crippen molar-refractivity contribution in [1.29, 1.82) is 0 Å². The maximum Gasteiger partial charge on any atom is 0.153 e. The van der Waals surface area contributed by atoms with Crippen LogP contribution in [0.2, 0.25) is 0 Å². The zero-order chi connectivity index (χ0) is 8.97. The van der Waals surface area contributed by atoms with E-state index in [1.54, 1.807) is 0 Å². The summed E-state index contributed by atoms with van der Waals surface area (Å²) in [5, 5.41) is 7.65. The Morgan fingerprint density at radius 2 is 2.00 bits per heavy atom. The van der Waals surface area contributed by atoms with Crippen molar-refractivity contribution in [2.24, 2.45) is 0 Å². The zero-order valence-electron chi connectivity index (χ0n) is 6.23. The molecule has 0 amide bonds. The summed E-state index contributed by atoms with van der Waals surface area (Å²) in [6.45, 7) is 0. The van der Waals surface area contributed by atoms with E-state index in [2.05, 4.69) is 23.1 Å². The van der Waals surface area contributed by atoms with Crippen LogP contribution in [0.15, 0.2) is 24.3 Å². The van der Waals surface area contributed by atoms with Gasteiger partial charge >= 0.3 is 0 Å². The Hall–Kier alpha value is -1.20. The van der Waals surface area contributed by atoms with Gasteiger partial charge in [0.05, 0.1) is 5.52 Å². The molecule has 0 saturated heterocycles. The van der Waals surface area contributed by atoms with Gasteiger partial charge in [-0.25, -0.2) is 0 Å². The number of hydrogen-bond donors (Lipinski definition) is 4. The number of nitrogens with zero attached hydrogens (tertiary/aromatic N) is 1. The molecule has 5 heteroatoms. The number of hydrogen-bond acceptors (Lipinski definition) is 4. The normalized spacial score (nSPS) is 9.17. The van der Waals surface area contributed by atoms with E-state index in [-0.39, 0.29) is 0 Å². The van der Waals surface area contributed by atoms with Crippen LogP contribution >= 0.6 is 12.9 Å². The summed E-state index contributed by atoms with van der Waals surface area (Å²) >= 11 is 2.53. The van der Waals surface area contributed by atoms with Crippen LogP contribution in [0.5, 0.6) is 0 Å². The molecule has 0 unspecified atom stereocenters. The van der Waals surface area contributed by atoms with Gasteiger partial charge in [-0.3, -0.25) is 5.10 Å². The minimum atomic E-state index is 0.565. The third-order valence-corrected chi connectivity index (χ3v) is 1.50. The van der Waals surface area contributed by atoms with Crippen LogP contribution in [-0.2, 0) is 0 Å². The van der Waals surface area contributed by atoms with Gasteiger partial charge < -0.3 is 10.3 Å². The number of H-pyrrole nitrogens is 1. The van der Waals surface area contributed by atoms with Crippen LogP contribution < -0.4 is 5.73 Å². The first-order chi connectivity index (χ1) is 5.88. The van der Waals surface area contributed by atoms with Crippen molar-refractivity contribution < 1.29 is 4.55 Å². The monoisotopic (exact) mass is 183 g/mol. The smallest absolute Gasteiger partial charge is 0.153 e. The number of nitrogens with one attached hydrogen (secondary N) is 1. The van der Waals surface area contributed by atoms with E-state index >= 15 is 0 Å². The summed E-state index contributed by atoms with van der Waals surface area (Å²) in [7, 11) is 0. The molecule has 0 aliphatic heterocycles. The van der Waals surface area contributed by atoms with Crippen molar-refractivity contribution in [3.8, 4) is 0 Å². The number of aromatic nitrogens is 2. The third kappa shape index (κ3) is 1.51. The molecule has 0 aliphatic carbocycles. The molecule has 4 nitrogen and oxygen atoms in total. The molecular weight excluding hydrogens is 174 g/mol. The molecule has 0 fully saturated rings. The Morgan fingerprint density at radius 3 is 2.67 bits per heavy atom. The van der Waals surface area contributed by atoms with Crippen molar-refractivity contribution in [3.05, 3.63) is 24.3 Å². The first-order valence-corrected chi connectivity index (χ1v) is 3.66. The Balaban J connectivity index is 0.000000336. The number of fused-ring (bicyclic) bond motifs is 1. The third-order valence-electron chi connectivity index (χ3n) is 1.50. The number of rotatable bonds is 0. The summed E-state index contributed by atoms with van der Waals surface area (Å²) in [6, 6.07) is 7.76. The number of aromatic amines is 1. The van der Waals surface area contributed by atoms with Gasteiger partial charge in [0, 0.05) is 5.39 Å². The lowest BCUT2D eigenvalue weighted by Gasteiger charge is -1.84. The van der Waals surface area contributed by atoms with Gasteiger partial charge in [-0.15, -0.1) is 0 Å². The molecule has 0 spiro atoms. The number of para-hydroxylation sites is 1. The fourth-order valence-electron chi connectivity index (χ4n) is 0.985. The van der Waals surface area contributed by atoms with E-state index < -0.39 is 0 Å². The fraction of sp³-hybridized carbons (Fsp3) is 0. The molecule has 0 atom stereocenters. The Labute approximate surface area is 75.0 Å². The highest BCUT2D eigenvalue weighted by molar-refractivity contribution is 7.74. The predicted molar refractivity (Wildman–Crippen MR) is 52.1 cm³/mol. The molecule has 0 aliphatic rings. The van der Waals surface area contributed by atoms with E-state index in [1.807, 2.05) is 24.3 Å². The number of nitrogens with two attached hydrogens (primary N) is 1. The Morgan fingerprint density at radius 1 is 1.33 bits per heavy atom.